The molecule has 0 bridgehead atoms. The highest BCUT2D eigenvalue weighted by Gasteiger charge is 2.28. The molecule has 0 saturated heterocycles. The Morgan fingerprint density at radius 2 is 1.65 bits per heavy atom. The molecule has 0 aliphatic carbocycles. The molecule has 0 aliphatic heterocycles. The first kappa shape index (κ1) is 23.5. The van der Waals surface area contributed by atoms with Gasteiger partial charge in [-0.3, -0.25) is 7.91 Å². The summed E-state index contributed by atoms with van der Waals surface area (Å²) in [5.41, 5.74) is 3.07. The van der Waals surface area contributed by atoms with E-state index in [-0.39, 0.29) is 23.2 Å². The summed E-state index contributed by atoms with van der Waals surface area (Å²) in [6.45, 7) is 6.52. The fourth-order valence-electron chi connectivity index (χ4n) is 3.29. The third kappa shape index (κ3) is 5.74. The molecule has 1 atom stereocenters. The minimum absolute atomic E-state index is 0.00308. The molecule has 0 saturated carbocycles. The van der Waals surface area contributed by atoms with Crippen LogP contribution in [0.1, 0.15) is 52.4 Å². The van der Waals surface area contributed by atoms with Gasteiger partial charge < -0.3 is 4.74 Å². The average Bonchev–Trinajstić information content (AvgIpc) is 3.25. The van der Waals surface area contributed by atoms with Crippen molar-refractivity contribution in [3.05, 3.63) is 87.6 Å². The minimum atomic E-state index is -0.365. The molecule has 2 aromatic carbocycles. The SMILES string of the molecule is COC(=O)c1ccc(CC(C(=O)N(I)c2ccccc2)c2ccc(C(C)(C)C)cc2)s1. The number of amides is 1. The number of hydrogen-bond donors (Lipinski definition) is 0. The zero-order chi connectivity index (χ0) is 22.6. The summed E-state index contributed by atoms with van der Waals surface area (Å²) < 4.78 is 6.50. The molecule has 0 aliphatic rings. The van der Waals surface area contributed by atoms with Gasteiger partial charge in [0.2, 0.25) is 5.91 Å². The molecule has 0 fully saturated rings. The van der Waals surface area contributed by atoms with Crippen molar-refractivity contribution in [2.24, 2.45) is 0 Å². The van der Waals surface area contributed by atoms with E-state index in [1.807, 2.05) is 48.5 Å². The van der Waals surface area contributed by atoms with E-state index in [2.05, 4.69) is 55.8 Å². The zero-order valence-corrected chi connectivity index (χ0v) is 21.1. The summed E-state index contributed by atoms with van der Waals surface area (Å²) in [6.07, 6.45) is 0.516. The van der Waals surface area contributed by atoms with Crippen molar-refractivity contribution in [1.82, 2.24) is 0 Å². The highest BCUT2D eigenvalue weighted by atomic mass is 127. The lowest BCUT2D eigenvalue weighted by Gasteiger charge is -2.24. The van der Waals surface area contributed by atoms with Crippen LogP contribution in [0.4, 0.5) is 5.69 Å². The smallest absolute Gasteiger partial charge is 0.348 e. The maximum Gasteiger partial charge on any atom is 0.348 e. The van der Waals surface area contributed by atoms with Crippen molar-refractivity contribution in [1.29, 1.82) is 0 Å². The molecule has 1 aromatic heterocycles. The Balaban J connectivity index is 1.94. The number of carbonyl (C=O) groups excluding carboxylic acids is 2. The number of halogens is 1. The molecular weight excluding hydrogens is 521 g/mol. The van der Waals surface area contributed by atoms with E-state index in [1.165, 1.54) is 24.0 Å². The molecule has 6 heteroatoms. The first-order valence-electron chi connectivity index (χ1n) is 10.0. The van der Waals surface area contributed by atoms with E-state index < -0.39 is 0 Å². The second kappa shape index (κ2) is 9.96. The number of nitrogens with zero attached hydrogens (tertiary/aromatic N) is 1. The Morgan fingerprint density at radius 1 is 1.00 bits per heavy atom. The molecule has 162 valence electrons. The van der Waals surface area contributed by atoms with Crippen LogP contribution in [0.25, 0.3) is 0 Å². The standard InChI is InChI=1S/C25H26INO3S/c1-25(2,3)18-12-10-17(11-13-18)21(16-20-14-15-22(31-20)24(29)30-4)23(28)27(26)19-8-6-5-7-9-19/h5-15,21H,16H2,1-4H3. The largest absolute Gasteiger partial charge is 0.465 e. The van der Waals surface area contributed by atoms with Crippen LogP contribution >= 0.6 is 34.2 Å². The van der Waals surface area contributed by atoms with Crippen molar-refractivity contribution < 1.29 is 14.3 Å². The second-order valence-electron chi connectivity index (χ2n) is 8.34. The van der Waals surface area contributed by atoms with Crippen LogP contribution in [0.3, 0.4) is 0 Å². The molecule has 3 aromatic rings. The highest BCUT2D eigenvalue weighted by Crippen LogP contribution is 2.32. The van der Waals surface area contributed by atoms with Crippen LogP contribution in [-0.2, 0) is 21.4 Å². The third-order valence-electron chi connectivity index (χ3n) is 5.11. The van der Waals surface area contributed by atoms with Gasteiger partial charge in [-0.05, 0) is 47.2 Å². The first-order chi connectivity index (χ1) is 14.7. The van der Waals surface area contributed by atoms with Crippen LogP contribution in [-0.4, -0.2) is 19.0 Å². The van der Waals surface area contributed by atoms with Crippen LogP contribution in [0, 0.1) is 0 Å². The van der Waals surface area contributed by atoms with Crippen molar-refractivity contribution >= 4 is 51.8 Å². The Kier molecular flexibility index (Phi) is 7.54. The van der Waals surface area contributed by atoms with Gasteiger partial charge in [-0.15, -0.1) is 11.3 Å². The van der Waals surface area contributed by atoms with E-state index in [4.69, 9.17) is 4.74 Å². The molecule has 1 heterocycles. The molecule has 31 heavy (non-hydrogen) atoms. The lowest BCUT2D eigenvalue weighted by atomic mass is 9.85. The molecular formula is C25H26INO3S. The Labute approximate surface area is 201 Å². The molecule has 0 radical (unpaired) electrons. The predicted molar refractivity (Wildman–Crippen MR) is 135 cm³/mol. The van der Waals surface area contributed by atoms with Gasteiger partial charge in [-0.1, -0.05) is 63.2 Å². The Bertz CT molecular complexity index is 1040. The van der Waals surface area contributed by atoms with E-state index in [0.29, 0.717) is 11.3 Å². The number of hydrogen-bond acceptors (Lipinski definition) is 4. The van der Waals surface area contributed by atoms with Crippen molar-refractivity contribution in [2.75, 3.05) is 10.2 Å². The highest BCUT2D eigenvalue weighted by molar-refractivity contribution is 14.1. The van der Waals surface area contributed by atoms with Crippen molar-refractivity contribution in [2.45, 2.75) is 38.5 Å². The predicted octanol–water partition coefficient (Wildman–Crippen LogP) is 6.54. The molecule has 0 N–H and O–H groups in total. The van der Waals surface area contributed by atoms with Crippen LogP contribution in [0.2, 0.25) is 0 Å². The number of methoxy groups -OCH3 is 1. The molecule has 3 rings (SSSR count). The van der Waals surface area contributed by atoms with Gasteiger partial charge in [-0.25, -0.2) is 4.79 Å². The second-order valence-corrected chi connectivity index (χ2v) is 10.5. The van der Waals surface area contributed by atoms with Gasteiger partial charge in [-0.2, -0.15) is 0 Å². The van der Waals surface area contributed by atoms with E-state index >= 15 is 0 Å². The lowest BCUT2D eigenvalue weighted by Crippen LogP contribution is -2.28. The van der Waals surface area contributed by atoms with Crippen molar-refractivity contribution in [3.63, 3.8) is 0 Å². The molecule has 1 unspecified atom stereocenters. The Morgan fingerprint density at radius 3 is 2.23 bits per heavy atom. The quantitative estimate of drug-likeness (QED) is 0.200. The lowest BCUT2D eigenvalue weighted by molar-refractivity contribution is -0.118. The topological polar surface area (TPSA) is 46.6 Å². The molecule has 0 spiro atoms. The fraction of sp³-hybridized carbons (Fsp3) is 0.280. The van der Waals surface area contributed by atoms with Crippen LogP contribution < -0.4 is 3.11 Å². The average molecular weight is 547 g/mol. The third-order valence-corrected chi connectivity index (χ3v) is 7.23. The van der Waals surface area contributed by atoms with Crippen LogP contribution in [0.5, 0.6) is 0 Å². The summed E-state index contributed by atoms with van der Waals surface area (Å²) in [5, 5.41) is 0. The number of carbonyl (C=O) groups is 2. The summed E-state index contributed by atoms with van der Waals surface area (Å²) in [4.78, 5) is 26.9. The number of benzene rings is 2. The monoisotopic (exact) mass is 547 g/mol. The van der Waals surface area contributed by atoms with Gasteiger partial charge in [0.05, 0.1) is 41.6 Å². The summed E-state index contributed by atoms with van der Waals surface area (Å²) in [5.74, 6) is -0.716. The van der Waals surface area contributed by atoms with Gasteiger partial charge in [0.15, 0.2) is 0 Å². The summed E-state index contributed by atoms with van der Waals surface area (Å²) >= 11 is 3.45. The summed E-state index contributed by atoms with van der Waals surface area (Å²) in [7, 11) is 1.37. The van der Waals surface area contributed by atoms with E-state index in [9.17, 15) is 9.59 Å². The van der Waals surface area contributed by atoms with Gasteiger partial charge in [0.1, 0.15) is 4.88 Å². The van der Waals surface area contributed by atoms with E-state index in [1.54, 1.807) is 9.18 Å². The van der Waals surface area contributed by atoms with Gasteiger partial charge >= 0.3 is 5.97 Å². The Hall–Kier alpha value is -2.19. The summed E-state index contributed by atoms with van der Waals surface area (Å²) in [6, 6.07) is 21.6. The minimum Gasteiger partial charge on any atom is -0.465 e. The number of ether oxygens (including phenoxy) is 1. The maximum atomic E-state index is 13.6. The number of esters is 1. The van der Waals surface area contributed by atoms with Gasteiger partial charge in [0, 0.05) is 4.88 Å². The maximum absolute atomic E-state index is 13.6. The number of thiophene rings is 1. The van der Waals surface area contributed by atoms with Gasteiger partial charge in [0.25, 0.3) is 0 Å². The zero-order valence-electron chi connectivity index (χ0n) is 18.1. The first-order valence-corrected chi connectivity index (χ1v) is 11.8. The van der Waals surface area contributed by atoms with Crippen LogP contribution in [0.15, 0.2) is 66.7 Å². The fourth-order valence-corrected chi connectivity index (χ4v) is 4.91. The number of para-hydroxylation sites is 1. The molecule has 1 amide bonds. The number of rotatable bonds is 6. The number of anilines is 1. The van der Waals surface area contributed by atoms with E-state index in [0.717, 1.165) is 16.1 Å². The molecule has 4 nitrogen and oxygen atoms in total. The van der Waals surface area contributed by atoms with Crippen molar-refractivity contribution in [3.8, 4) is 0 Å². The normalized spacial score (nSPS) is 12.3.